The van der Waals surface area contributed by atoms with Crippen molar-refractivity contribution in [1.82, 2.24) is 4.98 Å². The molecule has 4 nitrogen and oxygen atoms in total. The zero-order valence-corrected chi connectivity index (χ0v) is 9.15. The Balaban J connectivity index is 2.23. The molecule has 1 aromatic heterocycles. The number of carbonyl (C=O) groups is 1. The molecule has 4 heteroatoms. The van der Waals surface area contributed by atoms with Crippen molar-refractivity contribution in [2.24, 2.45) is 0 Å². The van der Waals surface area contributed by atoms with Gasteiger partial charge in [0.25, 0.3) is 0 Å². The Bertz CT molecular complexity index is 398. The van der Waals surface area contributed by atoms with Crippen molar-refractivity contribution in [2.75, 3.05) is 5.73 Å². The van der Waals surface area contributed by atoms with Gasteiger partial charge in [-0.3, -0.25) is 0 Å². The third-order valence-corrected chi connectivity index (χ3v) is 3.20. The van der Waals surface area contributed by atoms with Gasteiger partial charge in [-0.1, -0.05) is 19.3 Å². The summed E-state index contributed by atoms with van der Waals surface area (Å²) < 4.78 is 0. The SMILES string of the molecule is Nc1nc(C2CCCCC2)ccc1C(=O)O. The van der Waals surface area contributed by atoms with Crippen molar-refractivity contribution in [3.05, 3.63) is 23.4 Å². The van der Waals surface area contributed by atoms with Gasteiger partial charge in [-0.15, -0.1) is 0 Å². The molecule has 0 spiro atoms. The first-order valence-corrected chi connectivity index (χ1v) is 5.68. The fraction of sp³-hybridized carbons (Fsp3) is 0.500. The molecule has 0 saturated heterocycles. The van der Waals surface area contributed by atoms with E-state index < -0.39 is 5.97 Å². The molecule has 1 aliphatic rings. The van der Waals surface area contributed by atoms with Crippen LogP contribution in [0.3, 0.4) is 0 Å². The second-order valence-electron chi connectivity index (χ2n) is 4.31. The molecule has 0 radical (unpaired) electrons. The summed E-state index contributed by atoms with van der Waals surface area (Å²) in [6.07, 6.45) is 6.02. The molecule has 0 bridgehead atoms. The average Bonchev–Trinajstić information content (AvgIpc) is 2.29. The molecule has 1 heterocycles. The molecule has 1 aromatic rings. The number of nitrogens with two attached hydrogens (primary N) is 1. The van der Waals surface area contributed by atoms with Crippen LogP contribution in [0, 0.1) is 0 Å². The van der Waals surface area contributed by atoms with Crippen molar-refractivity contribution in [1.29, 1.82) is 0 Å². The van der Waals surface area contributed by atoms with E-state index in [0.717, 1.165) is 18.5 Å². The van der Waals surface area contributed by atoms with E-state index >= 15 is 0 Å². The fourth-order valence-electron chi connectivity index (χ4n) is 2.30. The monoisotopic (exact) mass is 220 g/mol. The molecule has 0 unspecified atom stereocenters. The van der Waals surface area contributed by atoms with E-state index in [1.165, 1.54) is 19.3 Å². The second-order valence-corrected chi connectivity index (χ2v) is 4.31. The van der Waals surface area contributed by atoms with Gasteiger partial charge in [0.1, 0.15) is 11.4 Å². The number of aromatic nitrogens is 1. The molecule has 0 aliphatic heterocycles. The van der Waals surface area contributed by atoms with E-state index in [0.29, 0.717) is 5.92 Å². The lowest BCUT2D eigenvalue weighted by molar-refractivity contribution is 0.0697. The molecular weight excluding hydrogens is 204 g/mol. The van der Waals surface area contributed by atoms with Crippen molar-refractivity contribution >= 4 is 11.8 Å². The largest absolute Gasteiger partial charge is 0.478 e. The molecule has 0 amide bonds. The maximum absolute atomic E-state index is 10.8. The molecule has 16 heavy (non-hydrogen) atoms. The Morgan fingerprint density at radius 3 is 2.56 bits per heavy atom. The Hall–Kier alpha value is -1.58. The molecule has 1 saturated carbocycles. The van der Waals surface area contributed by atoms with Crippen molar-refractivity contribution in [3.8, 4) is 0 Å². The van der Waals surface area contributed by atoms with Crippen LogP contribution in [0.25, 0.3) is 0 Å². The highest BCUT2D eigenvalue weighted by Crippen LogP contribution is 2.32. The molecule has 1 aliphatic carbocycles. The van der Waals surface area contributed by atoms with Gasteiger partial charge in [-0.25, -0.2) is 9.78 Å². The van der Waals surface area contributed by atoms with E-state index in [4.69, 9.17) is 10.8 Å². The first-order chi connectivity index (χ1) is 7.68. The number of nitrogen functional groups attached to an aromatic ring is 1. The van der Waals surface area contributed by atoms with Gasteiger partial charge < -0.3 is 10.8 Å². The number of aromatic carboxylic acids is 1. The van der Waals surface area contributed by atoms with E-state index in [-0.39, 0.29) is 11.4 Å². The normalized spacial score (nSPS) is 17.2. The van der Waals surface area contributed by atoms with E-state index in [2.05, 4.69) is 4.98 Å². The minimum atomic E-state index is -1.01. The number of hydrogen-bond acceptors (Lipinski definition) is 3. The molecule has 2 rings (SSSR count). The maximum Gasteiger partial charge on any atom is 0.339 e. The quantitative estimate of drug-likeness (QED) is 0.802. The summed E-state index contributed by atoms with van der Waals surface area (Å²) in [5.74, 6) is -0.422. The number of carboxylic acid groups (broad SMARTS) is 1. The van der Waals surface area contributed by atoms with Gasteiger partial charge in [0.05, 0.1) is 0 Å². The Labute approximate surface area is 94.5 Å². The molecule has 86 valence electrons. The standard InChI is InChI=1S/C12H16N2O2/c13-11-9(12(15)16)6-7-10(14-11)8-4-2-1-3-5-8/h6-8H,1-5H2,(H2,13,14)(H,15,16). The van der Waals surface area contributed by atoms with Crippen LogP contribution in [0.4, 0.5) is 5.82 Å². The van der Waals surface area contributed by atoms with Gasteiger partial charge in [-0.05, 0) is 25.0 Å². The summed E-state index contributed by atoms with van der Waals surface area (Å²) >= 11 is 0. The smallest absolute Gasteiger partial charge is 0.339 e. The van der Waals surface area contributed by atoms with Crippen LogP contribution in [0.2, 0.25) is 0 Å². The summed E-state index contributed by atoms with van der Waals surface area (Å²) in [4.78, 5) is 15.0. The number of rotatable bonds is 2. The highest BCUT2D eigenvalue weighted by atomic mass is 16.4. The number of anilines is 1. The van der Waals surface area contributed by atoms with Crippen LogP contribution in [0.5, 0.6) is 0 Å². The maximum atomic E-state index is 10.8. The zero-order chi connectivity index (χ0) is 11.5. The Morgan fingerprint density at radius 2 is 2.00 bits per heavy atom. The van der Waals surface area contributed by atoms with Crippen molar-refractivity contribution in [3.63, 3.8) is 0 Å². The van der Waals surface area contributed by atoms with Gasteiger partial charge >= 0.3 is 5.97 Å². The van der Waals surface area contributed by atoms with Crippen LogP contribution in [0.1, 0.15) is 54.1 Å². The third kappa shape index (κ3) is 2.15. The van der Waals surface area contributed by atoms with Crippen molar-refractivity contribution in [2.45, 2.75) is 38.0 Å². The predicted octanol–water partition coefficient (Wildman–Crippen LogP) is 2.41. The van der Waals surface area contributed by atoms with Crippen LogP contribution in [-0.2, 0) is 0 Å². The average molecular weight is 220 g/mol. The predicted molar refractivity (Wildman–Crippen MR) is 61.4 cm³/mol. The first kappa shape index (κ1) is 10.9. The Kier molecular flexibility index (Phi) is 3.08. The summed E-state index contributed by atoms with van der Waals surface area (Å²) in [6, 6.07) is 3.37. The summed E-state index contributed by atoms with van der Waals surface area (Å²) in [5, 5.41) is 8.85. The number of pyridine rings is 1. The minimum absolute atomic E-state index is 0.0968. The van der Waals surface area contributed by atoms with Crippen LogP contribution >= 0.6 is 0 Å². The lowest BCUT2D eigenvalue weighted by Crippen LogP contribution is -2.10. The zero-order valence-electron chi connectivity index (χ0n) is 9.15. The van der Waals surface area contributed by atoms with Gasteiger partial charge in [0.2, 0.25) is 0 Å². The molecule has 0 atom stereocenters. The van der Waals surface area contributed by atoms with Crippen LogP contribution in [0.15, 0.2) is 12.1 Å². The lowest BCUT2D eigenvalue weighted by Gasteiger charge is -2.21. The van der Waals surface area contributed by atoms with Crippen molar-refractivity contribution < 1.29 is 9.90 Å². The molecular formula is C12H16N2O2. The highest BCUT2D eigenvalue weighted by Gasteiger charge is 2.18. The minimum Gasteiger partial charge on any atom is -0.478 e. The molecule has 3 N–H and O–H groups in total. The number of carboxylic acids is 1. The third-order valence-electron chi connectivity index (χ3n) is 3.20. The van der Waals surface area contributed by atoms with Crippen LogP contribution in [-0.4, -0.2) is 16.1 Å². The van der Waals surface area contributed by atoms with E-state index in [1.54, 1.807) is 12.1 Å². The summed E-state index contributed by atoms with van der Waals surface area (Å²) in [7, 11) is 0. The lowest BCUT2D eigenvalue weighted by atomic mass is 9.86. The second kappa shape index (κ2) is 4.51. The highest BCUT2D eigenvalue weighted by molar-refractivity contribution is 5.92. The molecule has 0 aromatic carbocycles. The molecule has 1 fully saturated rings. The number of nitrogens with zero attached hydrogens (tertiary/aromatic N) is 1. The van der Waals surface area contributed by atoms with E-state index in [1.807, 2.05) is 0 Å². The first-order valence-electron chi connectivity index (χ1n) is 5.68. The van der Waals surface area contributed by atoms with Crippen LogP contribution < -0.4 is 5.73 Å². The Morgan fingerprint density at radius 1 is 1.31 bits per heavy atom. The fourth-order valence-corrected chi connectivity index (χ4v) is 2.30. The van der Waals surface area contributed by atoms with Gasteiger partial charge in [-0.2, -0.15) is 0 Å². The summed E-state index contributed by atoms with van der Waals surface area (Å²) in [5.41, 5.74) is 6.68. The topological polar surface area (TPSA) is 76.2 Å². The number of hydrogen-bond donors (Lipinski definition) is 2. The summed E-state index contributed by atoms with van der Waals surface area (Å²) in [6.45, 7) is 0. The van der Waals surface area contributed by atoms with Gasteiger partial charge in [0.15, 0.2) is 0 Å². The van der Waals surface area contributed by atoms with Gasteiger partial charge in [0, 0.05) is 11.6 Å². The van der Waals surface area contributed by atoms with E-state index in [9.17, 15) is 4.79 Å².